The zero-order valence-electron chi connectivity index (χ0n) is 58.5. The van der Waals surface area contributed by atoms with Crippen molar-refractivity contribution in [3.05, 3.63) is 179 Å². The number of fused-ring (bicyclic) bond motifs is 3. The smallest absolute Gasteiger partial charge is 0.374 e. The first kappa shape index (κ1) is 91.1. The molecule has 0 unspecified atom stereocenters. The molecule has 8 aromatic rings. The van der Waals surface area contributed by atoms with E-state index in [1.807, 2.05) is 72.8 Å². The fourth-order valence-electron chi connectivity index (χ4n) is 7.70. The fourth-order valence-corrected chi connectivity index (χ4v) is 12.8. The molecule has 0 aliphatic carbocycles. The van der Waals surface area contributed by atoms with Crippen LogP contribution in [0.25, 0.3) is 32.9 Å². The van der Waals surface area contributed by atoms with Crippen molar-refractivity contribution in [3.8, 4) is 0 Å². The van der Waals surface area contributed by atoms with Crippen LogP contribution in [0.15, 0.2) is 147 Å². The Morgan fingerprint density at radius 2 is 0.649 bits per heavy atom. The van der Waals surface area contributed by atoms with Gasteiger partial charge in [0.1, 0.15) is 23.4 Å². The van der Waals surface area contributed by atoms with Gasteiger partial charge in [-0.1, -0.05) is 78.9 Å². The van der Waals surface area contributed by atoms with Crippen LogP contribution >= 0.6 is 22.8 Å². The number of rotatable bonds is 25. The summed E-state index contributed by atoms with van der Waals surface area (Å²) in [7, 11) is -9.54. The summed E-state index contributed by atoms with van der Waals surface area (Å²) in [4.78, 5) is 34.8. The standard InChI is InChI=1S/C21H23O6P.C16H21O6P.C14H17O6P.C7H8O.4C3H8O.Ti/c1-3-25-28(23,26-4-2)15-17-10-11-19-18(12-17)13-20(27-19)21(22)24-14-16-8-6-5-7-9-16;1-4-19-16(17)15-10-13-9-12(7-8-14(13)22-15)11-23(18,20-5-2)21-6-3;1-3-18-21(17,19-4-2)9-10-5-6-12-11(7-10)8-13(20-12)14(15)16;8-6-7-4-2-1-3-5-7;4*1-3(2)4;/h5-13H,3-4,14-15H2,1-2H3;7-10H,4-6,11H2,1-3H3;5-8H,3-4,9H2,1-2H3,(H,15,16);1-5,8H,6H2;4*3-4H,1-2H3;. The summed E-state index contributed by atoms with van der Waals surface area (Å²) in [5.41, 5.74) is 5.77. The summed E-state index contributed by atoms with van der Waals surface area (Å²) in [6.07, 6.45) is -0.202. The Bertz CT molecular complexity index is 3540. The van der Waals surface area contributed by atoms with Crippen LogP contribution in [0.5, 0.6) is 0 Å². The zero-order chi connectivity index (χ0) is 72.4. The Hall–Kier alpha value is -5.91. The number of aliphatic hydroxyl groups is 5. The van der Waals surface area contributed by atoms with Crippen LogP contribution in [0.1, 0.15) is 163 Å². The molecule has 0 radical (unpaired) electrons. The molecule has 6 N–H and O–H groups in total. The van der Waals surface area contributed by atoms with Gasteiger partial charge in [0.15, 0.2) is 0 Å². The predicted octanol–water partition coefficient (Wildman–Crippen LogP) is 16.6. The van der Waals surface area contributed by atoms with Crippen molar-refractivity contribution >= 4 is 73.6 Å². The maximum atomic E-state index is 12.7. The molecule has 0 spiro atoms. The van der Waals surface area contributed by atoms with Gasteiger partial charge in [-0.2, -0.15) is 0 Å². The number of carbonyl (C=O) groups excluding carboxylic acids is 2. The van der Waals surface area contributed by atoms with E-state index < -0.39 is 40.7 Å². The van der Waals surface area contributed by atoms with Crippen molar-refractivity contribution < 1.29 is 130 Å². The second-order valence-corrected chi connectivity index (χ2v) is 27.5. The van der Waals surface area contributed by atoms with Crippen LogP contribution in [-0.2, 0) is 104 Å². The number of furan rings is 3. The Balaban J connectivity index is 0.00000122. The Morgan fingerprint density at radius 1 is 0.381 bits per heavy atom. The molecule has 23 nitrogen and oxygen atoms in total. The summed E-state index contributed by atoms with van der Waals surface area (Å²) in [5.74, 6) is -2.00. The van der Waals surface area contributed by atoms with E-state index in [2.05, 4.69) is 0 Å². The van der Waals surface area contributed by atoms with Gasteiger partial charge in [0.2, 0.25) is 17.3 Å². The van der Waals surface area contributed by atoms with E-state index in [-0.39, 0.29) is 102 Å². The van der Waals surface area contributed by atoms with E-state index >= 15 is 0 Å². The largest absolute Gasteiger partial charge is 0.475 e. The summed E-state index contributed by atoms with van der Waals surface area (Å²) in [5, 5.41) is 51.8. The van der Waals surface area contributed by atoms with Gasteiger partial charge in [-0.15, -0.1) is 0 Å². The maximum absolute atomic E-state index is 12.7. The molecule has 0 saturated heterocycles. The first-order valence-corrected chi connectivity index (χ1v) is 36.8. The van der Waals surface area contributed by atoms with Crippen LogP contribution < -0.4 is 0 Å². The van der Waals surface area contributed by atoms with E-state index in [4.69, 9.17) is 80.5 Å². The molecule has 3 heterocycles. The molecule has 0 amide bonds. The fraction of sp³-hybridized carbons (Fsp3) is 0.443. The van der Waals surface area contributed by atoms with Gasteiger partial charge in [-0.05, 0) is 186 Å². The number of aromatic carboxylic acids is 1. The topological polar surface area (TPSA) is 337 Å². The SMILES string of the molecule is CC(C)O.CC(C)O.CC(C)O.CC(C)O.CCOC(=O)c1cc2cc(CP(=O)(OCC)OCC)ccc2o1.CCOP(=O)(Cc1ccc2oc(C(=O)O)cc2c1)OCC.CCOP(=O)(Cc1ccc2oc(C(=O)OCc3ccccc3)cc2c1)OCC.OCc1ccccc1.[Ti]. The first-order valence-electron chi connectivity index (χ1n) is 31.6. The van der Waals surface area contributed by atoms with Crippen molar-refractivity contribution in [3.63, 3.8) is 0 Å². The normalized spacial score (nSPS) is 11.0. The molecule has 8 rings (SSSR count). The third-order valence-electron chi connectivity index (χ3n) is 11.0. The Kier molecular flexibility index (Phi) is 46.6. The summed E-state index contributed by atoms with van der Waals surface area (Å²) in [6.45, 7) is 28.6. The van der Waals surface area contributed by atoms with E-state index in [0.29, 0.717) is 61.8 Å². The number of esters is 2. The monoisotopic (exact) mass is 1450 g/mol. The Morgan fingerprint density at radius 3 is 0.907 bits per heavy atom. The van der Waals surface area contributed by atoms with Gasteiger partial charge < -0.3 is 80.5 Å². The maximum Gasteiger partial charge on any atom is 0.374 e. The molecular formula is C70H101O23P3Ti. The molecule has 0 atom stereocenters. The second kappa shape index (κ2) is 49.6. The average Bonchev–Trinajstić information content (AvgIpc) is 1.80. The molecule has 27 heteroatoms. The minimum absolute atomic E-state index is 0. The van der Waals surface area contributed by atoms with Crippen molar-refractivity contribution in [2.75, 3.05) is 46.2 Å². The molecule has 5 aromatic carbocycles. The molecule has 0 bridgehead atoms. The van der Waals surface area contributed by atoms with Crippen LogP contribution in [0.3, 0.4) is 0 Å². The summed E-state index contributed by atoms with van der Waals surface area (Å²) in [6, 6.07) is 39.4. The molecule has 0 saturated carbocycles. The molecule has 0 aliphatic rings. The third kappa shape index (κ3) is 38.9. The van der Waals surface area contributed by atoms with Gasteiger partial charge in [0.25, 0.3) is 0 Å². The van der Waals surface area contributed by atoms with Crippen LogP contribution in [0.4, 0.5) is 0 Å². The molecule has 3 aromatic heterocycles. The number of hydrogen-bond acceptors (Lipinski definition) is 22. The summed E-state index contributed by atoms with van der Waals surface area (Å²) < 4.78 is 96.0. The van der Waals surface area contributed by atoms with E-state index in [0.717, 1.165) is 38.6 Å². The van der Waals surface area contributed by atoms with Gasteiger partial charge >= 0.3 is 40.7 Å². The molecule has 0 aliphatic heterocycles. The van der Waals surface area contributed by atoms with Gasteiger partial charge in [0, 0.05) is 62.3 Å². The molecule has 538 valence electrons. The number of hydrogen-bond donors (Lipinski definition) is 6. The number of carboxylic acid groups (broad SMARTS) is 1. The third-order valence-corrected chi connectivity index (χ3v) is 17.1. The zero-order valence-corrected chi connectivity index (χ0v) is 62.7. The van der Waals surface area contributed by atoms with Gasteiger partial charge in [-0.3, -0.25) is 13.7 Å². The van der Waals surface area contributed by atoms with Gasteiger partial charge in [0.05, 0.1) is 71.3 Å². The van der Waals surface area contributed by atoms with E-state index in [9.17, 15) is 28.1 Å². The van der Waals surface area contributed by atoms with Crippen LogP contribution in [-0.4, -0.2) is 119 Å². The van der Waals surface area contributed by atoms with Crippen molar-refractivity contribution in [2.45, 2.75) is 160 Å². The van der Waals surface area contributed by atoms with Crippen molar-refractivity contribution in [1.29, 1.82) is 0 Å². The second-order valence-electron chi connectivity index (χ2n) is 21.4. The number of benzene rings is 5. The van der Waals surface area contributed by atoms with Gasteiger partial charge in [-0.25, -0.2) is 14.4 Å². The number of aliphatic hydroxyl groups excluding tert-OH is 5. The first-order chi connectivity index (χ1) is 45.4. The summed E-state index contributed by atoms with van der Waals surface area (Å²) >= 11 is 0. The number of carboxylic acids is 1. The van der Waals surface area contributed by atoms with Crippen LogP contribution in [0.2, 0.25) is 0 Å². The molecule has 97 heavy (non-hydrogen) atoms. The molecule has 0 fully saturated rings. The quantitative estimate of drug-likeness (QED) is 0.0176. The van der Waals surface area contributed by atoms with E-state index in [1.165, 1.54) is 6.07 Å². The number of ether oxygens (including phenoxy) is 2. The minimum atomic E-state index is -3.20. The van der Waals surface area contributed by atoms with Crippen LogP contribution in [0, 0.1) is 0 Å². The number of carbonyl (C=O) groups is 3. The molecular weight excluding hydrogens is 1350 g/mol. The average molecular weight is 1450 g/mol. The van der Waals surface area contributed by atoms with Crippen molar-refractivity contribution in [1.82, 2.24) is 0 Å². The predicted molar refractivity (Wildman–Crippen MR) is 373 cm³/mol. The van der Waals surface area contributed by atoms with Crippen molar-refractivity contribution in [2.24, 2.45) is 0 Å². The Labute approximate surface area is 585 Å². The minimum Gasteiger partial charge on any atom is -0.475 e. The van der Waals surface area contributed by atoms with E-state index in [1.54, 1.807) is 158 Å².